The molecule has 0 radical (unpaired) electrons. The molecule has 0 saturated carbocycles. The van der Waals surface area contributed by atoms with E-state index in [-0.39, 0.29) is 0 Å². The number of nitrogens with zero attached hydrogens (tertiary/aromatic N) is 2. The minimum absolute atomic E-state index is 0.346. The van der Waals surface area contributed by atoms with E-state index < -0.39 is 5.91 Å². The summed E-state index contributed by atoms with van der Waals surface area (Å²) in [6.07, 6.45) is 3.05. The second kappa shape index (κ2) is 5.69. The van der Waals surface area contributed by atoms with Crippen LogP contribution in [0, 0.1) is 6.92 Å². The van der Waals surface area contributed by atoms with E-state index in [1.807, 2.05) is 37.3 Å². The van der Waals surface area contributed by atoms with Gasteiger partial charge < -0.3 is 11.1 Å². The maximum absolute atomic E-state index is 11.2. The highest BCUT2D eigenvalue weighted by molar-refractivity contribution is 5.93. The Morgan fingerprint density at radius 3 is 2.73 bits per heavy atom. The van der Waals surface area contributed by atoms with Crippen molar-refractivity contribution in [3.8, 4) is 11.1 Å². The first-order valence-electron chi connectivity index (χ1n) is 6.77. The molecular weight excluding hydrogens is 278 g/mol. The molecule has 22 heavy (non-hydrogen) atoms. The molecule has 2 heterocycles. The van der Waals surface area contributed by atoms with E-state index in [4.69, 9.17) is 5.73 Å². The van der Waals surface area contributed by atoms with Crippen molar-refractivity contribution in [2.24, 2.45) is 5.73 Å². The first-order valence-corrected chi connectivity index (χ1v) is 6.77. The van der Waals surface area contributed by atoms with Crippen molar-refractivity contribution in [2.45, 2.75) is 6.92 Å². The van der Waals surface area contributed by atoms with Crippen molar-refractivity contribution in [3.05, 3.63) is 60.0 Å². The number of carbonyl (C=O) groups is 1. The number of aryl methyl sites for hydroxylation is 1. The van der Waals surface area contributed by atoms with Crippen molar-refractivity contribution < 1.29 is 4.79 Å². The second-order valence-electron chi connectivity index (χ2n) is 4.89. The monoisotopic (exact) mass is 293 g/mol. The van der Waals surface area contributed by atoms with Gasteiger partial charge in [0.15, 0.2) is 5.82 Å². The normalized spacial score (nSPS) is 10.4. The number of aromatic nitrogens is 3. The number of primary amides is 1. The van der Waals surface area contributed by atoms with Crippen LogP contribution in [0.1, 0.15) is 16.1 Å². The predicted octanol–water partition coefficient (Wildman–Crippen LogP) is 2.62. The van der Waals surface area contributed by atoms with Crippen LogP contribution in [-0.4, -0.2) is 21.1 Å². The zero-order chi connectivity index (χ0) is 15.5. The van der Waals surface area contributed by atoms with Gasteiger partial charge in [0.1, 0.15) is 0 Å². The van der Waals surface area contributed by atoms with Crippen LogP contribution in [-0.2, 0) is 0 Å². The molecule has 0 bridgehead atoms. The van der Waals surface area contributed by atoms with Crippen molar-refractivity contribution in [1.82, 2.24) is 15.2 Å². The molecule has 6 heteroatoms. The lowest BCUT2D eigenvalue weighted by molar-refractivity contribution is 0.1000. The molecule has 0 fully saturated rings. The van der Waals surface area contributed by atoms with Crippen LogP contribution in [0.4, 0.5) is 11.5 Å². The van der Waals surface area contributed by atoms with Gasteiger partial charge in [-0.2, -0.15) is 5.10 Å². The number of benzene rings is 1. The Hall–Kier alpha value is -3.15. The van der Waals surface area contributed by atoms with Gasteiger partial charge in [0.2, 0.25) is 5.91 Å². The van der Waals surface area contributed by atoms with Gasteiger partial charge in [0, 0.05) is 17.5 Å². The van der Waals surface area contributed by atoms with Gasteiger partial charge in [-0.1, -0.05) is 30.3 Å². The number of rotatable bonds is 4. The maximum Gasteiger partial charge on any atom is 0.250 e. The molecule has 3 aromatic rings. The highest BCUT2D eigenvalue weighted by Crippen LogP contribution is 2.31. The summed E-state index contributed by atoms with van der Waals surface area (Å²) in [5.41, 5.74) is 9.25. The zero-order valence-corrected chi connectivity index (χ0v) is 12.0. The lowest BCUT2D eigenvalue weighted by atomic mass is 10.1. The SMILES string of the molecule is Cc1[nH]nc(Nc2cncc(C(N)=O)c2)c1-c1ccccc1. The van der Waals surface area contributed by atoms with E-state index in [1.165, 1.54) is 6.20 Å². The van der Waals surface area contributed by atoms with Crippen LogP contribution < -0.4 is 11.1 Å². The third kappa shape index (κ3) is 2.67. The number of nitrogens with two attached hydrogens (primary N) is 1. The topological polar surface area (TPSA) is 96.7 Å². The van der Waals surface area contributed by atoms with Crippen LogP contribution in [0.2, 0.25) is 0 Å². The summed E-state index contributed by atoms with van der Waals surface area (Å²) in [7, 11) is 0. The Morgan fingerprint density at radius 1 is 1.23 bits per heavy atom. The third-order valence-corrected chi connectivity index (χ3v) is 3.30. The summed E-state index contributed by atoms with van der Waals surface area (Å²) in [6, 6.07) is 11.6. The third-order valence-electron chi connectivity index (χ3n) is 3.30. The number of H-pyrrole nitrogens is 1. The molecule has 0 spiro atoms. The quantitative estimate of drug-likeness (QED) is 0.689. The number of nitrogens with one attached hydrogen (secondary N) is 2. The molecule has 3 rings (SSSR count). The first-order chi connectivity index (χ1) is 10.6. The molecular formula is C16H15N5O. The highest BCUT2D eigenvalue weighted by atomic mass is 16.1. The minimum atomic E-state index is -0.516. The Bertz CT molecular complexity index is 810. The molecule has 0 aliphatic rings. The molecule has 1 aromatic carbocycles. The fourth-order valence-corrected chi connectivity index (χ4v) is 2.26. The highest BCUT2D eigenvalue weighted by Gasteiger charge is 2.13. The molecule has 110 valence electrons. The number of pyridine rings is 1. The van der Waals surface area contributed by atoms with E-state index in [9.17, 15) is 4.79 Å². The van der Waals surface area contributed by atoms with Crippen LogP contribution in [0.3, 0.4) is 0 Å². The molecule has 0 unspecified atom stereocenters. The lowest BCUT2D eigenvalue weighted by Gasteiger charge is -2.07. The van der Waals surface area contributed by atoms with Crippen LogP contribution in [0.25, 0.3) is 11.1 Å². The van der Waals surface area contributed by atoms with Gasteiger partial charge in [-0.05, 0) is 18.6 Å². The average Bonchev–Trinajstić information content (AvgIpc) is 2.89. The van der Waals surface area contributed by atoms with Crippen LogP contribution in [0.5, 0.6) is 0 Å². The molecule has 2 aromatic heterocycles. The number of hydrogen-bond acceptors (Lipinski definition) is 4. The lowest BCUT2D eigenvalue weighted by Crippen LogP contribution is -2.11. The Kier molecular flexibility index (Phi) is 3.57. The van der Waals surface area contributed by atoms with Crippen molar-refractivity contribution in [3.63, 3.8) is 0 Å². The fourth-order valence-electron chi connectivity index (χ4n) is 2.26. The van der Waals surface area contributed by atoms with E-state index >= 15 is 0 Å². The summed E-state index contributed by atoms with van der Waals surface area (Å²) in [5, 5.41) is 10.4. The largest absolute Gasteiger partial charge is 0.366 e. The smallest absolute Gasteiger partial charge is 0.250 e. The van der Waals surface area contributed by atoms with Crippen LogP contribution in [0.15, 0.2) is 48.8 Å². The van der Waals surface area contributed by atoms with Gasteiger partial charge in [-0.15, -0.1) is 0 Å². The summed E-state index contributed by atoms with van der Waals surface area (Å²) in [4.78, 5) is 15.2. The fraction of sp³-hybridized carbons (Fsp3) is 0.0625. The number of aromatic amines is 1. The van der Waals surface area contributed by atoms with E-state index in [0.29, 0.717) is 17.1 Å². The van der Waals surface area contributed by atoms with Gasteiger partial charge in [-0.25, -0.2) is 0 Å². The van der Waals surface area contributed by atoms with Crippen molar-refractivity contribution in [2.75, 3.05) is 5.32 Å². The average molecular weight is 293 g/mol. The minimum Gasteiger partial charge on any atom is -0.366 e. The van der Waals surface area contributed by atoms with E-state index in [0.717, 1.165) is 16.8 Å². The van der Waals surface area contributed by atoms with Gasteiger partial charge in [-0.3, -0.25) is 14.9 Å². The zero-order valence-electron chi connectivity index (χ0n) is 12.0. The second-order valence-corrected chi connectivity index (χ2v) is 4.89. The number of hydrogen-bond donors (Lipinski definition) is 3. The summed E-state index contributed by atoms with van der Waals surface area (Å²) in [5.74, 6) is 0.157. The Balaban J connectivity index is 1.97. The predicted molar refractivity (Wildman–Crippen MR) is 84.8 cm³/mol. The standard InChI is InChI=1S/C16H15N5O/c1-10-14(11-5-3-2-4-6-11)16(21-20-10)19-13-7-12(15(17)22)8-18-9-13/h2-9H,1H3,(H2,17,22)(H2,19,20,21). The van der Waals surface area contributed by atoms with Crippen LogP contribution >= 0.6 is 0 Å². The van der Waals surface area contributed by atoms with Crippen molar-refractivity contribution in [1.29, 1.82) is 0 Å². The van der Waals surface area contributed by atoms with E-state index in [2.05, 4.69) is 20.5 Å². The van der Waals surface area contributed by atoms with Gasteiger partial charge >= 0.3 is 0 Å². The number of carbonyl (C=O) groups excluding carboxylic acids is 1. The molecule has 0 saturated heterocycles. The van der Waals surface area contributed by atoms with Crippen molar-refractivity contribution >= 4 is 17.4 Å². The first kappa shape index (κ1) is 13.8. The molecule has 0 atom stereocenters. The van der Waals surface area contributed by atoms with Gasteiger partial charge in [0.25, 0.3) is 0 Å². The summed E-state index contributed by atoms with van der Waals surface area (Å²) in [6.45, 7) is 1.96. The van der Waals surface area contributed by atoms with Gasteiger partial charge in [0.05, 0.1) is 17.4 Å². The molecule has 0 aliphatic carbocycles. The number of amides is 1. The van der Waals surface area contributed by atoms with E-state index in [1.54, 1.807) is 12.3 Å². The number of anilines is 2. The Labute approximate surface area is 127 Å². The molecule has 1 amide bonds. The molecule has 6 nitrogen and oxygen atoms in total. The summed E-state index contributed by atoms with van der Waals surface area (Å²) >= 11 is 0. The maximum atomic E-state index is 11.2. The summed E-state index contributed by atoms with van der Waals surface area (Å²) < 4.78 is 0. The molecule has 4 N–H and O–H groups in total. The molecule has 0 aliphatic heterocycles. The Morgan fingerprint density at radius 2 is 2.00 bits per heavy atom.